The number of amides is 1. The van der Waals surface area contributed by atoms with Crippen LogP contribution in [0.5, 0.6) is 0 Å². The van der Waals surface area contributed by atoms with Gasteiger partial charge in [-0.1, -0.05) is 44.0 Å². The third-order valence-electron chi connectivity index (χ3n) is 4.13. The van der Waals surface area contributed by atoms with Crippen LogP contribution >= 0.6 is 35.4 Å². The molecule has 1 aromatic carbocycles. The van der Waals surface area contributed by atoms with Crippen molar-refractivity contribution in [3.8, 4) is 0 Å². The maximum Gasteiger partial charge on any atom is 0.257 e. The molecule has 0 saturated heterocycles. The second kappa shape index (κ2) is 7.37. The van der Waals surface area contributed by atoms with Crippen LogP contribution in [0.2, 0.25) is 10.0 Å². The van der Waals surface area contributed by atoms with Crippen molar-refractivity contribution in [3.63, 3.8) is 0 Å². The summed E-state index contributed by atoms with van der Waals surface area (Å²) in [5.41, 5.74) is 0.722. The lowest BCUT2D eigenvalue weighted by Crippen LogP contribution is -2.48. The van der Waals surface area contributed by atoms with Gasteiger partial charge in [0, 0.05) is 11.6 Å². The van der Waals surface area contributed by atoms with E-state index in [1.165, 1.54) is 12.5 Å². The average molecular weight is 373 g/mol. The van der Waals surface area contributed by atoms with Crippen molar-refractivity contribution in [2.24, 2.45) is 11.3 Å². The van der Waals surface area contributed by atoms with Gasteiger partial charge < -0.3 is 5.32 Å². The topological polar surface area (TPSA) is 41.1 Å². The summed E-state index contributed by atoms with van der Waals surface area (Å²) in [5.74, 6) is 0.356. The first-order valence-electron chi connectivity index (χ1n) is 7.73. The largest absolute Gasteiger partial charge is 0.360 e. The first-order chi connectivity index (χ1) is 10.7. The molecule has 1 aromatic rings. The number of carbonyl (C=O) groups excluding carboxylic acids is 1. The Morgan fingerprint density at radius 2 is 1.96 bits per heavy atom. The number of hydrogen-bond donors (Lipinski definition) is 2. The fourth-order valence-corrected chi connectivity index (χ4v) is 4.05. The lowest BCUT2D eigenvalue weighted by Gasteiger charge is -2.39. The maximum atomic E-state index is 12.2. The van der Waals surface area contributed by atoms with Crippen molar-refractivity contribution in [1.82, 2.24) is 10.6 Å². The van der Waals surface area contributed by atoms with Crippen LogP contribution in [0.3, 0.4) is 0 Å². The first-order valence-corrected chi connectivity index (χ1v) is 8.89. The summed E-state index contributed by atoms with van der Waals surface area (Å²) in [6.07, 6.45) is 3.32. The number of hydrogen-bond acceptors (Lipinski definition) is 2. The zero-order valence-corrected chi connectivity index (χ0v) is 15.9. The van der Waals surface area contributed by atoms with Gasteiger partial charge in [0.25, 0.3) is 5.91 Å². The zero-order chi connectivity index (χ0) is 17.2. The van der Waals surface area contributed by atoms with E-state index < -0.39 is 0 Å². The molecule has 1 aliphatic rings. The number of nitrogens with one attached hydrogen (secondary N) is 2. The Balaban J connectivity index is 1.93. The summed E-state index contributed by atoms with van der Waals surface area (Å²) >= 11 is 17.1. The molecule has 0 heterocycles. The fourth-order valence-electron chi connectivity index (χ4n) is 3.49. The lowest BCUT2D eigenvalue weighted by molar-refractivity contribution is 0.0975. The highest BCUT2D eigenvalue weighted by Gasteiger charge is 2.32. The Morgan fingerprint density at radius 3 is 2.57 bits per heavy atom. The maximum absolute atomic E-state index is 12.2. The standard InChI is InChI=1S/C17H22Cl2N2OS/c1-10-6-12(9-17(2,3)8-10)20-16(23)21-15(22)11-4-5-13(18)14(19)7-11/h4-5,7,10,12H,6,8-9H2,1-3H3,(H2,20,21,22,23)/t10-,12-/m1/s1. The SMILES string of the molecule is C[C@@H]1C[C@@H](NC(=S)NC(=O)c2ccc(Cl)c(Cl)c2)CC(C)(C)C1. The van der Waals surface area contributed by atoms with Gasteiger partial charge in [-0.15, -0.1) is 0 Å². The molecule has 1 fully saturated rings. The van der Waals surface area contributed by atoms with Gasteiger partial charge in [0.1, 0.15) is 0 Å². The molecule has 0 aliphatic heterocycles. The van der Waals surface area contributed by atoms with Gasteiger partial charge in [-0.25, -0.2) is 0 Å². The fraction of sp³-hybridized carbons (Fsp3) is 0.529. The molecular formula is C17H22Cl2N2OS. The molecule has 23 heavy (non-hydrogen) atoms. The second-order valence-corrected chi connectivity index (χ2v) is 8.39. The van der Waals surface area contributed by atoms with Crippen molar-refractivity contribution in [2.75, 3.05) is 0 Å². The summed E-state index contributed by atoms with van der Waals surface area (Å²) in [5, 5.41) is 7.11. The van der Waals surface area contributed by atoms with Crippen molar-refractivity contribution >= 4 is 46.4 Å². The van der Waals surface area contributed by atoms with Gasteiger partial charge in [0.2, 0.25) is 0 Å². The van der Waals surface area contributed by atoms with Gasteiger partial charge in [0.15, 0.2) is 5.11 Å². The predicted octanol–water partition coefficient (Wildman–Crippen LogP) is 4.81. The minimum absolute atomic E-state index is 0.287. The summed E-state index contributed by atoms with van der Waals surface area (Å²) < 4.78 is 0. The van der Waals surface area contributed by atoms with E-state index in [0.29, 0.717) is 32.1 Å². The van der Waals surface area contributed by atoms with E-state index in [-0.39, 0.29) is 11.9 Å². The van der Waals surface area contributed by atoms with Crippen LogP contribution in [0.15, 0.2) is 18.2 Å². The molecule has 6 heteroatoms. The molecule has 1 saturated carbocycles. The average Bonchev–Trinajstić information content (AvgIpc) is 2.39. The van der Waals surface area contributed by atoms with E-state index in [1.54, 1.807) is 12.1 Å². The Hall–Kier alpha value is -0.840. The second-order valence-electron chi connectivity index (χ2n) is 7.17. The third-order valence-corrected chi connectivity index (χ3v) is 5.09. The highest BCUT2D eigenvalue weighted by atomic mass is 35.5. The van der Waals surface area contributed by atoms with Crippen molar-refractivity contribution in [1.29, 1.82) is 0 Å². The highest BCUT2D eigenvalue weighted by Crippen LogP contribution is 2.38. The number of benzene rings is 1. The number of halogens is 2. The molecule has 2 N–H and O–H groups in total. The Bertz CT molecular complexity index is 619. The van der Waals surface area contributed by atoms with E-state index in [1.807, 2.05) is 0 Å². The zero-order valence-electron chi connectivity index (χ0n) is 13.6. The van der Waals surface area contributed by atoms with Crippen LogP contribution in [0.1, 0.15) is 50.4 Å². The normalized spacial score (nSPS) is 23.2. The summed E-state index contributed by atoms with van der Waals surface area (Å²) in [7, 11) is 0. The predicted molar refractivity (Wildman–Crippen MR) is 100 cm³/mol. The molecule has 2 atom stereocenters. The van der Waals surface area contributed by atoms with E-state index in [2.05, 4.69) is 31.4 Å². The molecular weight excluding hydrogens is 351 g/mol. The Kier molecular flexibility index (Phi) is 5.93. The van der Waals surface area contributed by atoms with Crippen LogP contribution in [0.25, 0.3) is 0 Å². The summed E-state index contributed by atoms with van der Waals surface area (Å²) in [4.78, 5) is 12.2. The van der Waals surface area contributed by atoms with Crippen molar-refractivity contribution < 1.29 is 4.79 Å². The molecule has 0 spiro atoms. The molecule has 3 nitrogen and oxygen atoms in total. The third kappa shape index (κ3) is 5.33. The van der Waals surface area contributed by atoms with Crippen LogP contribution < -0.4 is 10.6 Å². The van der Waals surface area contributed by atoms with E-state index in [4.69, 9.17) is 35.4 Å². The quantitative estimate of drug-likeness (QED) is 0.731. The molecule has 0 aromatic heterocycles. The van der Waals surface area contributed by atoms with Gasteiger partial charge in [0.05, 0.1) is 10.0 Å². The summed E-state index contributed by atoms with van der Waals surface area (Å²) in [6, 6.07) is 5.04. The van der Waals surface area contributed by atoms with Crippen molar-refractivity contribution in [3.05, 3.63) is 33.8 Å². The number of thiocarbonyl (C=S) groups is 1. The molecule has 0 bridgehead atoms. The molecule has 126 valence electrons. The first kappa shape index (κ1) is 18.5. The van der Waals surface area contributed by atoms with Gasteiger partial charge in [-0.05, 0) is 61.0 Å². The van der Waals surface area contributed by atoms with Crippen molar-refractivity contribution in [2.45, 2.75) is 46.1 Å². The van der Waals surface area contributed by atoms with Crippen LogP contribution in [0, 0.1) is 11.3 Å². The smallest absolute Gasteiger partial charge is 0.257 e. The molecule has 1 aliphatic carbocycles. The van der Waals surface area contributed by atoms with Crippen LogP contribution in [-0.4, -0.2) is 17.1 Å². The van der Waals surface area contributed by atoms with E-state index in [0.717, 1.165) is 12.8 Å². The monoisotopic (exact) mass is 372 g/mol. The highest BCUT2D eigenvalue weighted by molar-refractivity contribution is 7.80. The summed E-state index contributed by atoms with van der Waals surface area (Å²) in [6.45, 7) is 6.80. The lowest BCUT2D eigenvalue weighted by atomic mass is 9.71. The minimum Gasteiger partial charge on any atom is -0.360 e. The van der Waals surface area contributed by atoms with Gasteiger partial charge >= 0.3 is 0 Å². The van der Waals surface area contributed by atoms with Gasteiger partial charge in [-0.2, -0.15) is 0 Å². The van der Waals surface area contributed by atoms with E-state index in [9.17, 15) is 4.79 Å². The molecule has 1 amide bonds. The van der Waals surface area contributed by atoms with Crippen LogP contribution in [0.4, 0.5) is 0 Å². The number of carbonyl (C=O) groups is 1. The number of rotatable bonds is 2. The molecule has 2 rings (SSSR count). The van der Waals surface area contributed by atoms with E-state index >= 15 is 0 Å². The Morgan fingerprint density at radius 1 is 1.26 bits per heavy atom. The Labute approximate surface area is 153 Å². The molecule has 0 unspecified atom stereocenters. The molecule has 0 radical (unpaired) electrons. The van der Waals surface area contributed by atoms with Crippen LogP contribution in [-0.2, 0) is 0 Å². The van der Waals surface area contributed by atoms with Gasteiger partial charge in [-0.3, -0.25) is 10.1 Å². The minimum atomic E-state index is -0.288.